The van der Waals surface area contributed by atoms with Gasteiger partial charge in [0.1, 0.15) is 6.10 Å². The smallest absolute Gasteiger partial charge is 0.310 e. The molecule has 0 N–H and O–H groups in total. The number of nitro benzene ring substituents is 2. The molecule has 10 nitrogen and oxygen atoms in total. The van der Waals surface area contributed by atoms with Gasteiger partial charge in [-0.1, -0.05) is 0 Å². The Labute approximate surface area is 173 Å². The zero-order valence-electron chi connectivity index (χ0n) is 15.6. The van der Waals surface area contributed by atoms with Crippen molar-refractivity contribution in [1.29, 1.82) is 0 Å². The minimum Gasteiger partial charge on any atom is -0.469 e. The topological polar surface area (TPSA) is 139 Å². The van der Waals surface area contributed by atoms with Crippen LogP contribution in [-0.2, 0) is 19.1 Å². The fourth-order valence-electron chi connectivity index (χ4n) is 7.38. The monoisotopic (exact) mass is 432 g/mol. The Bertz CT molecular complexity index is 1050. The number of nitrogens with zero attached hydrogens (tertiary/aromatic N) is 2. The first-order chi connectivity index (χ1) is 14.3. The lowest BCUT2D eigenvalue weighted by Gasteiger charge is -2.59. The second-order valence-electron chi connectivity index (χ2n) is 8.69. The van der Waals surface area contributed by atoms with Crippen LogP contribution in [0.3, 0.4) is 0 Å². The lowest BCUT2D eigenvalue weighted by atomic mass is 9.50. The first-order valence-electron chi connectivity index (χ1n) is 9.73. The predicted octanol–water partition coefficient (Wildman–Crippen LogP) is 2.05. The molecule has 6 aliphatic carbocycles. The summed E-state index contributed by atoms with van der Waals surface area (Å²) in [5, 5.41) is 22.6. The summed E-state index contributed by atoms with van der Waals surface area (Å²) in [5.41, 5.74) is -0.597. The number of rotatable bonds is 5. The SMILES string of the molecule is COC(=O)C1C2C(=O)OC3C1C1C4C(Sc5ccc([N+](=O)[O-])cc5[N+](=O)[O-])C1C2C34. The van der Waals surface area contributed by atoms with Crippen LogP contribution in [0.2, 0.25) is 0 Å². The molecule has 8 aliphatic rings. The number of nitro groups is 2. The highest BCUT2D eigenvalue weighted by atomic mass is 32.2. The highest BCUT2D eigenvalue weighted by molar-refractivity contribution is 8.00. The predicted molar refractivity (Wildman–Crippen MR) is 99.2 cm³/mol. The lowest BCUT2D eigenvalue weighted by molar-refractivity contribution is -0.396. The standard InChI is InChI=1S/C19H16N2O8S/c1-28-18(22)15-11-8-12-9-10(16(11)29-19(23)14(9)15)13(8)17(12)30-7-3-2-5(20(24)25)4-6(7)21(26)27/h2-4,8-17H,1H3. The fourth-order valence-corrected chi connectivity index (χ4v) is 9.11. The highest BCUT2D eigenvalue weighted by Crippen LogP contribution is 2.81. The minimum absolute atomic E-state index is 0.0335. The maximum Gasteiger partial charge on any atom is 0.310 e. The van der Waals surface area contributed by atoms with E-state index >= 15 is 0 Å². The number of esters is 2. The van der Waals surface area contributed by atoms with Gasteiger partial charge in [0.15, 0.2) is 0 Å². The van der Waals surface area contributed by atoms with Crippen molar-refractivity contribution in [3.05, 3.63) is 38.4 Å². The van der Waals surface area contributed by atoms with Gasteiger partial charge < -0.3 is 9.47 Å². The Kier molecular flexibility index (Phi) is 3.45. The molecule has 2 heterocycles. The molecule has 1 aromatic rings. The summed E-state index contributed by atoms with van der Waals surface area (Å²) in [6.07, 6.45) is -0.278. The molecule has 10 unspecified atom stereocenters. The van der Waals surface area contributed by atoms with E-state index in [1.165, 1.54) is 31.0 Å². The lowest BCUT2D eigenvalue weighted by Crippen LogP contribution is -2.65. The summed E-state index contributed by atoms with van der Waals surface area (Å²) in [6, 6.07) is 3.71. The zero-order valence-corrected chi connectivity index (χ0v) is 16.4. The Balaban J connectivity index is 1.33. The Morgan fingerprint density at radius 3 is 2.47 bits per heavy atom. The molecule has 0 radical (unpaired) electrons. The first kappa shape index (κ1) is 18.1. The number of non-ortho nitro benzene ring substituents is 1. The summed E-state index contributed by atoms with van der Waals surface area (Å²) >= 11 is 1.37. The molecule has 1 aromatic carbocycles. The Morgan fingerprint density at radius 1 is 1.07 bits per heavy atom. The average molecular weight is 432 g/mol. The maximum atomic E-state index is 12.5. The molecule has 2 saturated heterocycles. The van der Waals surface area contributed by atoms with Gasteiger partial charge in [-0.05, 0) is 29.7 Å². The molecule has 156 valence electrons. The Morgan fingerprint density at radius 2 is 1.80 bits per heavy atom. The van der Waals surface area contributed by atoms with E-state index in [0.717, 1.165) is 6.07 Å². The summed E-state index contributed by atoms with van der Waals surface area (Å²) < 4.78 is 10.6. The molecule has 0 spiro atoms. The molecule has 9 rings (SSSR count). The molecule has 2 aliphatic heterocycles. The van der Waals surface area contributed by atoms with Crippen molar-refractivity contribution >= 4 is 35.1 Å². The van der Waals surface area contributed by atoms with Crippen LogP contribution < -0.4 is 0 Å². The van der Waals surface area contributed by atoms with Crippen molar-refractivity contribution in [3.8, 4) is 0 Å². The molecule has 6 saturated carbocycles. The largest absolute Gasteiger partial charge is 0.469 e. The third-order valence-corrected chi connectivity index (χ3v) is 9.51. The van der Waals surface area contributed by atoms with E-state index in [4.69, 9.17) is 9.47 Å². The fraction of sp³-hybridized carbons (Fsp3) is 0.579. The normalized spacial score (nSPS) is 43.3. The number of benzene rings is 1. The van der Waals surface area contributed by atoms with Crippen LogP contribution in [0.5, 0.6) is 0 Å². The van der Waals surface area contributed by atoms with Gasteiger partial charge in [-0.3, -0.25) is 29.8 Å². The van der Waals surface area contributed by atoms with Crippen LogP contribution >= 0.6 is 11.8 Å². The average Bonchev–Trinajstić information content (AvgIpc) is 3.30. The van der Waals surface area contributed by atoms with Crippen LogP contribution in [0.25, 0.3) is 0 Å². The number of hydrogen-bond donors (Lipinski definition) is 0. The van der Waals surface area contributed by atoms with Crippen LogP contribution in [0, 0.1) is 67.6 Å². The van der Waals surface area contributed by atoms with Gasteiger partial charge in [0, 0.05) is 23.2 Å². The summed E-state index contributed by atoms with van der Waals surface area (Å²) in [6.45, 7) is 0. The van der Waals surface area contributed by atoms with Crippen molar-refractivity contribution in [2.45, 2.75) is 16.2 Å². The second kappa shape index (κ2) is 5.71. The summed E-state index contributed by atoms with van der Waals surface area (Å²) in [7, 11) is 1.33. The molecule has 10 atom stereocenters. The first-order valence-corrected chi connectivity index (χ1v) is 10.6. The van der Waals surface area contributed by atoms with E-state index in [1.807, 2.05) is 0 Å². The van der Waals surface area contributed by atoms with Gasteiger partial charge in [-0.15, -0.1) is 11.8 Å². The van der Waals surface area contributed by atoms with Crippen LogP contribution in [0.4, 0.5) is 11.4 Å². The number of ether oxygens (including phenoxy) is 2. The molecular weight excluding hydrogens is 416 g/mol. The number of fused-ring (bicyclic) bond motifs is 1. The second-order valence-corrected chi connectivity index (χ2v) is 9.91. The van der Waals surface area contributed by atoms with Gasteiger partial charge in [0.25, 0.3) is 11.4 Å². The number of methoxy groups -OCH3 is 1. The van der Waals surface area contributed by atoms with Crippen molar-refractivity contribution in [3.63, 3.8) is 0 Å². The van der Waals surface area contributed by atoms with Gasteiger partial charge in [-0.25, -0.2) is 0 Å². The number of carbonyl (C=O) groups excluding carboxylic acids is 2. The number of thioether (sulfide) groups is 1. The van der Waals surface area contributed by atoms with E-state index in [-0.39, 0.29) is 70.2 Å². The molecule has 30 heavy (non-hydrogen) atoms. The molecule has 0 aromatic heterocycles. The zero-order chi connectivity index (χ0) is 21.1. The van der Waals surface area contributed by atoms with Gasteiger partial charge in [-0.2, -0.15) is 0 Å². The molecular formula is C19H16N2O8S. The quantitative estimate of drug-likeness (QED) is 0.388. The summed E-state index contributed by atoms with van der Waals surface area (Å²) in [5.74, 6) is -0.769. The third-order valence-electron chi connectivity index (χ3n) is 8.01. The van der Waals surface area contributed by atoms with Gasteiger partial charge in [0.05, 0.1) is 39.8 Å². The van der Waals surface area contributed by atoms with Crippen LogP contribution in [-0.4, -0.2) is 40.2 Å². The van der Waals surface area contributed by atoms with E-state index in [0.29, 0.717) is 4.90 Å². The van der Waals surface area contributed by atoms with E-state index in [9.17, 15) is 29.8 Å². The van der Waals surface area contributed by atoms with Crippen molar-refractivity contribution in [1.82, 2.24) is 0 Å². The maximum absolute atomic E-state index is 12.5. The summed E-state index contributed by atoms with van der Waals surface area (Å²) in [4.78, 5) is 46.5. The van der Waals surface area contributed by atoms with Gasteiger partial charge in [0.2, 0.25) is 0 Å². The van der Waals surface area contributed by atoms with E-state index in [2.05, 4.69) is 0 Å². The van der Waals surface area contributed by atoms with Crippen molar-refractivity contribution in [2.24, 2.45) is 47.3 Å². The third kappa shape index (κ3) is 1.92. The minimum atomic E-state index is -0.652. The van der Waals surface area contributed by atoms with Crippen molar-refractivity contribution < 1.29 is 28.9 Å². The molecule has 8 fully saturated rings. The molecule has 0 amide bonds. The van der Waals surface area contributed by atoms with Crippen molar-refractivity contribution in [2.75, 3.05) is 7.11 Å². The molecule has 11 heteroatoms. The number of carbonyl (C=O) groups is 2. The molecule has 8 bridgehead atoms. The van der Waals surface area contributed by atoms with Crippen LogP contribution in [0.1, 0.15) is 0 Å². The van der Waals surface area contributed by atoms with Gasteiger partial charge >= 0.3 is 11.9 Å². The number of hydrogen-bond acceptors (Lipinski definition) is 9. The van der Waals surface area contributed by atoms with E-state index < -0.39 is 21.7 Å². The highest BCUT2D eigenvalue weighted by Gasteiger charge is 2.85. The Hall–Kier alpha value is -2.69. The van der Waals surface area contributed by atoms with Crippen LogP contribution in [0.15, 0.2) is 23.1 Å². The van der Waals surface area contributed by atoms with E-state index in [1.54, 1.807) is 0 Å².